The molecular weight excluding hydrogens is 236 g/mol. The smallest absolute Gasteiger partial charge is 0.227 e. The van der Waals surface area contributed by atoms with Crippen LogP contribution in [0.5, 0.6) is 0 Å². The molecule has 0 unspecified atom stereocenters. The number of carbonyl (C=O) groups excluding carboxylic acids is 1. The highest BCUT2D eigenvalue weighted by atomic mass is 16.2. The number of nitrogens with one attached hydrogen (secondary N) is 1. The molecule has 0 bridgehead atoms. The van der Waals surface area contributed by atoms with Gasteiger partial charge in [-0.2, -0.15) is 0 Å². The summed E-state index contributed by atoms with van der Waals surface area (Å²) in [6.45, 7) is 2.79. The third kappa shape index (κ3) is 3.50. The number of carbonyl (C=O) groups is 1. The molecule has 3 N–H and O–H groups in total. The van der Waals surface area contributed by atoms with Gasteiger partial charge in [0.1, 0.15) is 0 Å². The van der Waals surface area contributed by atoms with Crippen LogP contribution >= 0.6 is 0 Å². The Bertz CT molecular complexity index is 289. The molecule has 19 heavy (non-hydrogen) atoms. The first-order valence-electron chi connectivity index (χ1n) is 8.21. The number of rotatable bonds is 4. The zero-order valence-electron chi connectivity index (χ0n) is 12.4. The fourth-order valence-electron chi connectivity index (χ4n) is 3.81. The van der Waals surface area contributed by atoms with E-state index in [0.29, 0.717) is 12.6 Å². The first-order chi connectivity index (χ1) is 9.20. The zero-order chi connectivity index (χ0) is 13.7. The minimum absolute atomic E-state index is 0.245. The summed E-state index contributed by atoms with van der Waals surface area (Å²) in [5.41, 5.74) is 5.68. The second kappa shape index (κ2) is 6.74. The van der Waals surface area contributed by atoms with Gasteiger partial charge in [-0.25, -0.2) is 0 Å². The van der Waals surface area contributed by atoms with Crippen molar-refractivity contribution in [2.45, 2.75) is 77.2 Å². The van der Waals surface area contributed by atoms with Crippen molar-refractivity contribution in [3.8, 4) is 0 Å². The summed E-state index contributed by atoms with van der Waals surface area (Å²) in [6.07, 6.45) is 11.7. The van der Waals surface area contributed by atoms with Crippen LogP contribution in [0, 0.1) is 11.3 Å². The molecule has 0 aromatic heterocycles. The van der Waals surface area contributed by atoms with Gasteiger partial charge in [-0.05, 0) is 44.4 Å². The summed E-state index contributed by atoms with van der Waals surface area (Å²) >= 11 is 0. The number of amides is 1. The molecule has 0 aromatic carbocycles. The molecule has 2 aliphatic carbocycles. The highest BCUT2D eigenvalue weighted by molar-refractivity contribution is 5.83. The topological polar surface area (TPSA) is 55.1 Å². The zero-order valence-corrected chi connectivity index (χ0v) is 12.4. The van der Waals surface area contributed by atoms with E-state index in [2.05, 4.69) is 12.2 Å². The standard InChI is InChI=1S/C16H30N2O/c1-2-13-6-8-14(9-7-13)18-15(19)16(12-17)10-4-3-5-11-16/h13-14H,2-12,17H2,1H3,(H,18,19). The molecular formula is C16H30N2O. The van der Waals surface area contributed by atoms with Crippen molar-refractivity contribution in [2.24, 2.45) is 17.1 Å². The Kier molecular flexibility index (Phi) is 5.26. The van der Waals surface area contributed by atoms with Gasteiger partial charge in [-0.15, -0.1) is 0 Å². The molecule has 0 atom stereocenters. The molecule has 0 aromatic rings. The molecule has 1 amide bonds. The van der Waals surface area contributed by atoms with E-state index in [9.17, 15) is 4.79 Å². The summed E-state index contributed by atoms with van der Waals surface area (Å²) in [5, 5.41) is 3.31. The summed E-state index contributed by atoms with van der Waals surface area (Å²) < 4.78 is 0. The fraction of sp³-hybridized carbons (Fsp3) is 0.938. The van der Waals surface area contributed by atoms with Crippen molar-refractivity contribution in [3.05, 3.63) is 0 Å². The second-order valence-corrected chi connectivity index (χ2v) is 6.64. The number of hydrogen-bond acceptors (Lipinski definition) is 2. The van der Waals surface area contributed by atoms with Gasteiger partial charge in [-0.3, -0.25) is 4.79 Å². The second-order valence-electron chi connectivity index (χ2n) is 6.64. The average molecular weight is 266 g/mol. The van der Waals surface area contributed by atoms with Crippen LogP contribution < -0.4 is 11.1 Å². The molecule has 2 aliphatic rings. The molecule has 0 heterocycles. The lowest BCUT2D eigenvalue weighted by Gasteiger charge is -2.37. The van der Waals surface area contributed by atoms with Gasteiger partial charge in [0.05, 0.1) is 5.41 Å². The molecule has 0 spiro atoms. The minimum Gasteiger partial charge on any atom is -0.353 e. The lowest BCUT2D eigenvalue weighted by atomic mass is 9.73. The van der Waals surface area contributed by atoms with E-state index in [1.54, 1.807) is 0 Å². The number of nitrogens with two attached hydrogens (primary N) is 1. The third-order valence-electron chi connectivity index (χ3n) is 5.44. The van der Waals surface area contributed by atoms with E-state index >= 15 is 0 Å². The molecule has 3 nitrogen and oxygen atoms in total. The highest BCUT2D eigenvalue weighted by Gasteiger charge is 2.39. The molecule has 0 radical (unpaired) electrons. The van der Waals surface area contributed by atoms with E-state index in [4.69, 9.17) is 5.73 Å². The van der Waals surface area contributed by atoms with Gasteiger partial charge in [0.2, 0.25) is 5.91 Å². The first kappa shape index (κ1) is 14.8. The Morgan fingerprint density at radius 2 is 1.79 bits per heavy atom. The summed E-state index contributed by atoms with van der Waals surface area (Å²) in [7, 11) is 0. The van der Waals surface area contributed by atoms with Crippen molar-refractivity contribution in [3.63, 3.8) is 0 Å². The molecule has 2 saturated carbocycles. The van der Waals surface area contributed by atoms with Gasteiger partial charge in [0.25, 0.3) is 0 Å². The Labute approximate surface area is 117 Å². The Morgan fingerprint density at radius 3 is 2.32 bits per heavy atom. The summed E-state index contributed by atoms with van der Waals surface area (Å²) in [6, 6.07) is 0.403. The maximum Gasteiger partial charge on any atom is 0.227 e. The predicted octanol–water partition coefficient (Wildman–Crippen LogP) is 2.98. The van der Waals surface area contributed by atoms with Gasteiger partial charge >= 0.3 is 0 Å². The molecule has 2 rings (SSSR count). The third-order valence-corrected chi connectivity index (χ3v) is 5.44. The van der Waals surface area contributed by atoms with Crippen LogP contribution in [-0.2, 0) is 4.79 Å². The van der Waals surface area contributed by atoms with Crippen LogP contribution in [0.4, 0.5) is 0 Å². The van der Waals surface area contributed by atoms with E-state index in [1.165, 1.54) is 25.7 Å². The van der Waals surface area contributed by atoms with Crippen molar-refractivity contribution < 1.29 is 4.79 Å². The van der Waals surface area contributed by atoms with Crippen LogP contribution in [0.3, 0.4) is 0 Å². The van der Waals surface area contributed by atoms with Crippen molar-refractivity contribution in [2.75, 3.05) is 6.54 Å². The lowest BCUT2D eigenvalue weighted by molar-refractivity contribution is -0.133. The van der Waals surface area contributed by atoms with Crippen molar-refractivity contribution in [1.29, 1.82) is 0 Å². The largest absolute Gasteiger partial charge is 0.353 e. The maximum atomic E-state index is 12.6. The normalized spacial score (nSPS) is 30.8. The van der Waals surface area contributed by atoms with E-state index in [1.807, 2.05) is 0 Å². The van der Waals surface area contributed by atoms with Crippen molar-refractivity contribution in [1.82, 2.24) is 5.32 Å². The van der Waals surface area contributed by atoms with Crippen LogP contribution in [0.1, 0.15) is 71.1 Å². The lowest BCUT2D eigenvalue weighted by Crippen LogP contribution is -2.50. The molecule has 0 saturated heterocycles. The fourth-order valence-corrected chi connectivity index (χ4v) is 3.81. The van der Waals surface area contributed by atoms with Gasteiger partial charge in [0.15, 0.2) is 0 Å². The van der Waals surface area contributed by atoms with Gasteiger partial charge < -0.3 is 11.1 Å². The molecule has 2 fully saturated rings. The average Bonchev–Trinajstić information content (AvgIpc) is 2.48. The quantitative estimate of drug-likeness (QED) is 0.822. The Morgan fingerprint density at radius 1 is 1.16 bits per heavy atom. The predicted molar refractivity (Wildman–Crippen MR) is 78.8 cm³/mol. The molecule has 3 heteroatoms. The van der Waals surface area contributed by atoms with E-state index in [0.717, 1.165) is 44.4 Å². The monoisotopic (exact) mass is 266 g/mol. The molecule has 110 valence electrons. The van der Waals surface area contributed by atoms with Crippen LogP contribution in [0.2, 0.25) is 0 Å². The molecule has 0 aliphatic heterocycles. The van der Waals surface area contributed by atoms with Crippen LogP contribution in [-0.4, -0.2) is 18.5 Å². The summed E-state index contributed by atoms with van der Waals surface area (Å²) in [4.78, 5) is 12.6. The van der Waals surface area contributed by atoms with Crippen LogP contribution in [0.15, 0.2) is 0 Å². The van der Waals surface area contributed by atoms with Gasteiger partial charge in [0, 0.05) is 12.6 Å². The van der Waals surface area contributed by atoms with Gasteiger partial charge in [-0.1, -0.05) is 32.6 Å². The van der Waals surface area contributed by atoms with Crippen LogP contribution in [0.25, 0.3) is 0 Å². The number of hydrogen-bond donors (Lipinski definition) is 2. The van der Waals surface area contributed by atoms with E-state index < -0.39 is 0 Å². The Hall–Kier alpha value is -0.570. The maximum absolute atomic E-state index is 12.6. The highest BCUT2D eigenvalue weighted by Crippen LogP contribution is 2.36. The van der Waals surface area contributed by atoms with E-state index in [-0.39, 0.29) is 11.3 Å². The minimum atomic E-state index is -0.250. The summed E-state index contributed by atoms with van der Waals surface area (Å²) in [5.74, 6) is 1.13. The Balaban J connectivity index is 1.86. The first-order valence-corrected chi connectivity index (χ1v) is 8.21. The van der Waals surface area contributed by atoms with Crippen molar-refractivity contribution >= 4 is 5.91 Å². The SMILES string of the molecule is CCC1CCC(NC(=O)C2(CN)CCCCC2)CC1.